The van der Waals surface area contributed by atoms with E-state index in [1.807, 2.05) is 6.08 Å². The summed E-state index contributed by atoms with van der Waals surface area (Å²) in [6.07, 6.45) is 5.90. The average molecular weight is 252 g/mol. The molecule has 0 radical (unpaired) electrons. The molecule has 0 aromatic heterocycles. The lowest BCUT2D eigenvalue weighted by Gasteiger charge is -2.30. The van der Waals surface area contributed by atoms with Gasteiger partial charge in [-0.05, 0) is 18.8 Å². The van der Waals surface area contributed by atoms with Gasteiger partial charge in [-0.2, -0.15) is 0 Å². The number of nitrogens with zero attached hydrogens (tertiary/aromatic N) is 1. The predicted molar refractivity (Wildman–Crippen MR) is 68.6 cm³/mol. The van der Waals surface area contributed by atoms with E-state index in [1.54, 1.807) is 19.9 Å². The Bertz CT molecular complexity index is 363. The molecule has 1 aliphatic carbocycles. The molecule has 0 fully saturated rings. The summed E-state index contributed by atoms with van der Waals surface area (Å²) >= 11 is 0. The number of hydrogen-bond acceptors (Lipinski definition) is 3. The molecule has 2 atom stereocenters. The fourth-order valence-corrected chi connectivity index (χ4v) is 2.12. The maximum atomic E-state index is 11.2. The quantitative estimate of drug-likeness (QED) is 0.530. The highest BCUT2D eigenvalue weighted by Crippen LogP contribution is 2.20. The van der Waals surface area contributed by atoms with Crippen LogP contribution in [0.1, 0.15) is 26.7 Å². The minimum absolute atomic E-state index is 0.0591. The van der Waals surface area contributed by atoms with Crippen LogP contribution in [0.3, 0.4) is 0 Å². The average Bonchev–Trinajstić information content (AvgIpc) is 2.74. The maximum absolute atomic E-state index is 11.2. The fraction of sp³-hybridized carbons (Fsp3) is 0.538. The molecule has 100 valence electrons. The first-order valence-electron chi connectivity index (χ1n) is 6.03. The lowest BCUT2D eigenvalue weighted by molar-refractivity contribution is -0.151. The van der Waals surface area contributed by atoms with Gasteiger partial charge in [-0.1, -0.05) is 38.2 Å². The molecule has 0 saturated heterocycles. The Balaban J connectivity index is 2.65. The van der Waals surface area contributed by atoms with Gasteiger partial charge in [-0.3, -0.25) is 9.80 Å². The van der Waals surface area contributed by atoms with Crippen molar-refractivity contribution in [2.24, 2.45) is 5.92 Å². The fourth-order valence-electron chi connectivity index (χ4n) is 2.12. The standard InChI is InChI=1S/C13H20N2O3/c1-4-10-5-6-11(7-10)14-15(8-16)12(9(2)3)13(17)18/h4-5,8-9,11-12,14H,1,6-7H2,2-3H3,(H,17,18)/t11-,12+/m1/s1. The van der Waals surface area contributed by atoms with Gasteiger partial charge < -0.3 is 5.11 Å². The van der Waals surface area contributed by atoms with Crippen molar-refractivity contribution in [1.29, 1.82) is 0 Å². The van der Waals surface area contributed by atoms with Gasteiger partial charge in [-0.15, -0.1) is 0 Å². The van der Waals surface area contributed by atoms with Crippen molar-refractivity contribution in [3.05, 3.63) is 24.3 Å². The van der Waals surface area contributed by atoms with Crippen LogP contribution in [0.2, 0.25) is 0 Å². The van der Waals surface area contributed by atoms with Gasteiger partial charge in [0.1, 0.15) is 6.04 Å². The van der Waals surface area contributed by atoms with Gasteiger partial charge in [0.25, 0.3) is 0 Å². The molecule has 5 heteroatoms. The first-order valence-corrected chi connectivity index (χ1v) is 6.03. The van der Waals surface area contributed by atoms with E-state index in [9.17, 15) is 9.59 Å². The largest absolute Gasteiger partial charge is 0.480 e. The maximum Gasteiger partial charge on any atom is 0.328 e. The van der Waals surface area contributed by atoms with E-state index in [-0.39, 0.29) is 12.0 Å². The number of amides is 1. The van der Waals surface area contributed by atoms with E-state index >= 15 is 0 Å². The minimum atomic E-state index is -1.00. The first-order chi connectivity index (χ1) is 8.49. The van der Waals surface area contributed by atoms with Crippen LogP contribution in [0.5, 0.6) is 0 Å². The van der Waals surface area contributed by atoms with Gasteiger partial charge in [0.05, 0.1) is 0 Å². The number of allylic oxidation sites excluding steroid dienone is 1. The highest BCUT2D eigenvalue weighted by Gasteiger charge is 2.30. The second-order valence-electron chi connectivity index (χ2n) is 4.79. The Morgan fingerprint density at radius 2 is 2.33 bits per heavy atom. The molecule has 0 aliphatic heterocycles. The lowest BCUT2D eigenvalue weighted by atomic mass is 10.0. The van der Waals surface area contributed by atoms with Crippen LogP contribution in [-0.4, -0.2) is 34.6 Å². The zero-order chi connectivity index (χ0) is 13.7. The van der Waals surface area contributed by atoms with Crippen LogP contribution in [0.15, 0.2) is 24.3 Å². The van der Waals surface area contributed by atoms with Gasteiger partial charge in [0, 0.05) is 6.04 Å². The lowest BCUT2D eigenvalue weighted by Crippen LogP contribution is -2.54. The Hall–Kier alpha value is -1.62. The van der Waals surface area contributed by atoms with Crippen LogP contribution in [0.25, 0.3) is 0 Å². The van der Waals surface area contributed by atoms with Crippen LogP contribution in [0, 0.1) is 5.92 Å². The number of hydrogen-bond donors (Lipinski definition) is 2. The summed E-state index contributed by atoms with van der Waals surface area (Å²) in [5.74, 6) is -1.16. The third-order valence-electron chi connectivity index (χ3n) is 3.04. The molecule has 2 N–H and O–H groups in total. The first kappa shape index (κ1) is 14.4. The highest BCUT2D eigenvalue weighted by atomic mass is 16.4. The summed E-state index contributed by atoms with van der Waals surface area (Å²) in [6, 6.07) is -0.793. The van der Waals surface area contributed by atoms with Gasteiger partial charge in [0.15, 0.2) is 0 Å². The number of carbonyl (C=O) groups is 2. The van der Waals surface area contributed by atoms with E-state index in [0.29, 0.717) is 6.41 Å². The Kier molecular flexibility index (Phi) is 5.09. The van der Waals surface area contributed by atoms with Crippen LogP contribution >= 0.6 is 0 Å². The molecule has 1 amide bonds. The monoisotopic (exact) mass is 252 g/mol. The SMILES string of the molecule is C=CC1=CC[C@@H](NN(C=O)[C@H](C(=O)O)C(C)C)C1. The molecule has 1 rings (SSSR count). The van der Waals surface area contributed by atoms with Gasteiger partial charge in [-0.25, -0.2) is 10.2 Å². The molecular weight excluding hydrogens is 232 g/mol. The molecule has 0 unspecified atom stereocenters. The van der Waals surface area contributed by atoms with Crippen LogP contribution in [0.4, 0.5) is 0 Å². The molecule has 0 bridgehead atoms. The Labute approximate surface area is 107 Å². The van der Waals surface area contributed by atoms with Crippen molar-refractivity contribution in [3.8, 4) is 0 Å². The minimum Gasteiger partial charge on any atom is -0.480 e. The summed E-state index contributed by atoms with van der Waals surface area (Å²) in [5.41, 5.74) is 4.10. The topological polar surface area (TPSA) is 69.6 Å². The van der Waals surface area contributed by atoms with Crippen molar-refractivity contribution < 1.29 is 14.7 Å². The number of rotatable bonds is 7. The number of aliphatic carboxylic acids is 1. The number of carboxylic acids is 1. The molecular formula is C13H20N2O3. The molecule has 0 aromatic carbocycles. The van der Waals surface area contributed by atoms with Gasteiger partial charge >= 0.3 is 5.97 Å². The second kappa shape index (κ2) is 6.35. The van der Waals surface area contributed by atoms with Gasteiger partial charge in [0.2, 0.25) is 6.41 Å². The molecule has 0 heterocycles. The number of nitrogens with one attached hydrogen (secondary N) is 1. The van der Waals surface area contributed by atoms with Crippen molar-refractivity contribution in [2.45, 2.75) is 38.8 Å². The van der Waals surface area contributed by atoms with Crippen molar-refractivity contribution in [3.63, 3.8) is 0 Å². The predicted octanol–water partition coefficient (Wildman–Crippen LogP) is 1.33. The highest BCUT2D eigenvalue weighted by molar-refractivity contribution is 5.76. The number of carbonyl (C=O) groups excluding carboxylic acids is 1. The van der Waals surface area contributed by atoms with E-state index in [0.717, 1.165) is 23.4 Å². The summed E-state index contributed by atoms with van der Waals surface area (Å²) in [7, 11) is 0. The summed E-state index contributed by atoms with van der Waals surface area (Å²) in [6.45, 7) is 7.25. The van der Waals surface area contributed by atoms with Crippen LogP contribution in [-0.2, 0) is 9.59 Å². The molecule has 18 heavy (non-hydrogen) atoms. The molecule has 5 nitrogen and oxygen atoms in total. The summed E-state index contributed by atoms with van der Waals surface area (Å²) in [5, 5.41) is 10.3. The molecule has 0 aromatic rings. The number of hydrazine groups is 1. The third-order valence-corrected chi connectivity index (χ3v) is 3.04. The molecule has 0 spiro atoms. The zero-order valence-electron chi connectivity index (χ0n) is 10.8. The van der Waals surface area contributed by atoms with E-state index < -0.39 is 12.0 Å². The zero-order valence-corrected chi connectivity index (χ0v) is 10.8. The number of carboxylic acid groups (broad SMARTS) is 1. The Morgan fingerprint density at radius 1 is 1.67 bits per heavy atom. The van der Waals surface area contributed by atoms with E-state index in [2.05, 4.69) is 12.0 Å². The molecule has 0 saturated carbocycles. The van der Waals surface area contributed by atoms with E-state index in [1.165, 1.54) is 0 Å². The Morgan fingerprint density at radius 3 is 2.72 bits per heavy atom. The van der Waals surface area contributed by atoms with Crippen molar-refractivity contribution >= 4 is 12.4 Å². The second-order valence-corrected chi connectivity index (χ2v) is 4.79. The molecule has 1 aliphatic rings. The summed E-state index contributed by atoms with van der Waals surface area (Å²) in [4.78, 5) is 22.2. The normalized spacial score (nSPS) is 20.4. The van der Waals surface area contributed by atoms with Crippen molar-refractivity contribution in [2.75, 3.05) is 0 Å². The summed E-state index contributed by atoms with van der Waals surface area (Å²) < 4.78 is 0. The van der Waals surface area contributed by atoms with E-state index in [4.69, 9.17) is 5.11 Å². The van der Waals surface area contributed by atoms with Crippen molar-refractivity contribution in [1.82, 2.24) is 10.4 Å². The smallest absolute Gasteiger partial charge is 0.328 e. The van der Waals surface area contributed by atoms with Crippen LogP contribution < -0.4 is 5.43 Å². The third kappa shape index (κ3) is 3.43.